The second-order valence-corrected chi connectivity index (χ2v) is 6.62. The fraction of sp³-hybridized carbons (Fsp3) is 0.684. The van der Waals surface area contributed by atoms with Gasteiger partial charge in [0.2, 0.25) is 0 Å². The molecule has 0 aliphatic heterocycles. The van der Waals surface area contributed by atoms with Gasteiger partial charge >= 0.3 is 0 Å². The van der Waals surface area contributed by atoms with Crippen LogP contribution in [0, 0.1) is 17.7 Å². The highest BCUT2D eigenvalue weighted by Gasteiger charge is 2.29. The summed E-state index contributed by atoms with van der Waals surface area (Å²) in [4.78, 5) is 0. The van der Waals surface area contributed by atoms with Crippen LogP contribution in [-0.2, 0) is 6.42 Å². The lowest BCUT2D eigenvalue weighted by molar-refractivity contribution is 0.194. The third kappa shape index (κ3) is 5.10. The predicted molar refractivity (Wildman–Crippen MR) is 87.9 cm³/mol. The summed E-state index contributed by atoms with van der Waals surface area (Å²) in [6.45, 7) is 5.63. The van der Waals surface area contributed by atoms with Crippen molar-refractivity contribution in [2.45, 2.75) is 64.8 Å². The maximum atomic E-state index is 13.1. The van der Waals surface area contributed by atoms with Crippen molar-refractivity contribution >= 4 is 0 Å². The Hall–Kier alpha value is -0.890. The van der Waals surface area contributed by atoms with Crippen molar-refractivity contribution in [1.82, 2.24) is 5.32 Å². The molecule has 2 rings (SSSR count). The number of rotatable bonds is 7. The van der Waals surface area contributed by atoms with E-state index in [-0.39, 0.29) is 5.82 Å². The molecular formula is C19H30FN. The standard InChI is InChI=1S/C19H30FN/c1-3-5-15-8-11-19(21-12-4-2)17(13-15)14-16-6-9-18(20)10-7-16/h6-7,9-10,15,17,19,21H,3-5,8,11-14H2,1-2H3. The monoisotopic (exact) mass is 291 g/mol. The molecule has 3 atom stereocenters. The highest BCUT2D eigenvalue weighted by molar-refractivity contribution is 5.17. The molecule has 0 aromatic heterocycles. The Balaban J connectivity index is 1.99. The van der Waals surface area contributed by atoms with Crippen LogP contribution in [0.3, 0.4) is 0 Å². The highest BCUT2D eigenvalue weighted by Crippen LogP contribution is 2.34. The molecule has 1 nitrogen and oxygen atoms in total. The lowest BCUT2D eigenvalue weighted by Gasteiger charge is -2.37. The summed E-state index contributed by atoms with van der Waals surface area (Å²) in [7, 11) is 0. The van der Waals surface area contributed by atoms with Crippen molar-refractivity contribution in [1.29, 1.82) is 0 Å². The van der Waals surface area contributed by atoms with Crippen molar-refractivity contribution in [2.75, 3.05) is 6.54 Å². The van der Waals surface area contributed by atoms with Crippen LogP contribution in [0.15, 0.2) is 24.3 Å². The molecule has 0 heterocycles. The first-order chi connectivity index (χ1) is 10.2. The molecule has 0 radical (unpaired) electrons. The van der Waals surface area contributed by atoms with E-state index < -0.39 is 0 Å². The van der Waals surface area contributed by atoms with Gasteiger partial charge in [0.1, 0.15) is 5.82 Å². The maximum Gasteiger partial charge on any atom is 0.123 e. The SMILES string of the molecule is CCCNC1CCC(CCC)CC1Cc1ccc(F)cc1. The molecule has 1 N–H and O–H groups in total. The topological polar surface area (TPSA) is 12.0 Å². The van der Waals surface area contributed by atoms with Gasteiger partial charge in [-0.25, -0.2) is 4.39 Å². The van der Waals surface area contributed by atoms with E-state index in [4.69, 9.17) is 0 Å². The summed E-state index contributed by atoms with van der Waals surface area (Å²) in [5.74, 6) is 1.46. The molecule has 0 spiro atoms. The van der Waals surface area contributed by atoms with Gasteiger partial charge in [0, 0.05) is 6.04 Å². The maximum absolute atomic E-state index is 13.1. The number of hydrogen-bond donors (Lipinski definition) is 1. The molecular weight excluding hydrogens is 261 g/mol. The molecule has 1 saturated carbocycles. The van der Waals surface area contributed by atoms with Crippen molar-refractivity contribution in [3.05, 3.63) is 35.6 Å². The van der Waals surface area contributed by atoms with Crippen LogP contribution >= 0.6 is 0 Å². The summed E-state index contributed by atoms with van der Waals surface area (Å²) < 4.78 is 13.1. The zero-order valence-electron chi connectivity index (χ0n) is 13.6. The van der Waals surface area contributed by atoms with E-state index >= 15 is 0 Å². The van der Waals surface area contributed by atoms with Gasteiger partial charge in [-0.2, -0.15) is 0 Å². The first kappa shape index (κ1) is 16.5. The van der Waals surface area contributed by atoms with E-state index in [1.807, 2.05) is 12.1 Å². The Labute approximate surface area is 129 Å². The molecule has 1 aromatic carbocycles. The first-order valence-electron chi connectivity index (χ1n) is 8.70. The van der Waals surface area contributed by atoms with Crippen LogP contribution in [0.1, 0.15) is 57.9 Å². The van der Waals surface area contributed by atoms with Crippen molar-refractivity contribution in [3.63, 3.8) is 0 Å². The fourth-order valence-electron chi connectivity index (χ4n) is 3.78. The minimum atomic E-state index is -0.132. The number of nitrogens with one attached hydrogen (secondary N) is 1. The summed E-state index contributed by atoms with van der Waals surface area (Å²) in [6.07, 6.45) is 8.93. The van der Waals surface area contributed by atoms with Gasteiger partial charge in [0.15, 0.2) is 0 Å². The van der Waals surface area contributed by atoms with Gasteiger partial charge in [0.25, 0.3) is 0 Å². The fourth-order valence-corrected chi connectivity index (χ4v) is 3.78. The smallest absolute Gasteiger partial charge is 0.123 e. The molecule has 0 saturated heterocycles. The molecule has 21 heavy (non-hydrogen) atoms. The van der Waals surface area contributed by atoms with Crippen molar-refractivity contribution < 1.29 is 4.39 Å². The third-order valence-electron chi connectivity index (χ3n) is 4.86. The summed E-state index contributed by atoms with van der Waals surface area (Å²) in [5, 5.41) is 3.74. The van der Waals surface area contributed by atoms with Gasteiger partial charge in [-0.1, -0.05) is 38.8 Å². The molecule has 0 bridgehead atoms. The quantitative estimate of drug-likeness (QED) is 0.749. The summed E-state index contributed by atoms with van der Waals surface area (Å²) in [5.41, 5.74) is 1.28. The largest absolute Gasteiger partial charge is 0.314 e. The van der Waals surface area contributed by atoms with E-state index in [0.717, 1.165) is 18.9 Å². The molecule has 2 heteroatoms. The number of benzene rings is 1. The molecule has 3 unspecified atom stereocenters. The Morgan fingerprint density at radius 1 is 1.10 bits per heavy atom. The minimum Gasteiger partial charge on any atom is -0.314 e. The van der Waals surface area contributed by atoms with E-state index in [0.29, 0.717) is 12.0 Å². The highest BCUT2D eigenvalue weighted by atomic mass is 19.1. The average Bonchev–Trinajstić information content (AvgIpc) is 2.49. The average molecular weight is 291 g/mol. The number of halogens is 1. The van der Waals surface area contributed by atoms with Gasteiger partial charge in [-0.3, -0.25) is 0 Å². The third-order valence-corrected chi connectivity index (χ3v) is 4.86. The minimum absolute atomic E-state index is 0.132. The van der Waals surface area contributed by atoms with Crippen molar-refractivity contribution in [2.24, 2.45) is 11.8 Å². The van der Waals surface area contributed by atoms with E-state index in [9.17, 15) is 4.39 Å². The van der Waals surface area contributed by atoms with Crippen LogP contribution < -0.4 is 5.32 Å². The molecule has 1 aromatic rings. The molecule has 1 aliphatic carbocycles. The zero-order chi connectivity index (χ0) is 15.1. The second-order valence-electron chi connectivity index (χ2n) is 6.62. The van der Waals surface area contributed by atoms with Crippen LogP contribution in [0.5, 0.6) is 0 Å². The van der Waals surface area contributed by atoms with Crippen LogP contribution in [0.4, 0.5) is 4.39 Å². The van der Waals surface area contributed by atoms with Crippen LogP contribution in [-0.4, -0.2) is 12.6 Å². The Bertz CT molecular complexity index is 401. The van der Waals surface area contributed by atoms with Gasteiger partial charge in [0.05, 0.1) is 0 Å². The summed E-state index contributed by atoms with van der Waals surface area (Å²) in [6, 6.07) is 7.74. The first-order valence-corrected chi connectivity index (χ1v) is 8.70. The Morgan fingerprint density at radius 2 is 1.86 bits per heavy atom. The van der Waals surface area contributed by atoms with E-state index in [1.54, 1.807) is 12.1 Å². The second kappa shape index (κ2) is 8.53. The van der Waals surface area contributed by atoms with E-state index in [2.05, 4.69) is 19.2 Å². The Kier molecular flexibility index (Phi) is 6.69. The summed E-state index contributed by atoms with van der Waals surface area (Å²) >= 11 is 0. The van der Waals surface area contributed by atoms with Crippen molar-refractivity contribution in [3.8, 4) is 0 Å². The lowest BCUT2D eigenvalue weighted by atomic mass is 9.74. The van der Waals surface area contributed by atoms with E-state index in [1.165, 1.54) is 44.1 Å². The lowest BCUT2D eigenvalue weighted by Crippen LogP contribution is -2.42. The van der Waals surface area contributed by atoms with Crippen LogP contribution in [0.25, 0.3) is 0 Å². The zero-order valence-corrected chi connectivity index (χ0v) is 13.6. The molecule has 1 fully saturated rings. The van der Waals surface area contributed by atoms with Gasteiger partial charge in [-0.15, -0.1) is 0 Å². The molecule has 0 amide bonds. The van der Waals surface area contributed by atoms with Crippen LogP contribution in [0.2, 0.25) is 0 Å². The van der Waals surface area contributed by atoms with Gasteiger partial charge in [-0.05, 0) is 68.2 Å². The molecule has 1 aliphatic rings. The number of hydrogen-bond acceptors (Lipinski definition) is 1. The normalized spacial score (nSPS) is 26.0. The Morgan fingerprint density at radius 3 is 2.52 bits per heavy atom. The predicted octanol–water partition coefficient (Wildman–Crippen LogP) is 4.95. The van der Waals surface area contributed by atoms with Gasteiger partial charge < -0.3 is 5.32 Å². The molecule has 118 valence electrons.